The van der Waals surface area contributed by atoms with E-state index in [4.69, 9.17) is 0 Å². The number of alkyl halides is 3. The molecule has 0 aromatic carbocycles. The van der Waals surface area contributed by atoms with Crippen molar-refractivity contribution in [3.05, 3.63) is 5.82 Å². The van der Waals surface area contributed by atoms with Crippen LogP contribution in [0.15, 0.2) is 0 Å². The molecule has 10 heteroatoms. The van der Waals surface area contributed by atoms with Gasteiger partial charge in [-0.1, -0.05) is 0 Å². The van der Waals surface area contributed by atoms with E-state index in [0.29, 0.717) is 18.0 Å². The summed E-state index contributed by atoms with van der Waals surface area (Å²) in [5.74, 6) is -1.21. The van der Waals surface area contributed by atoms with Crippen molar-refractivity contribution in [1.29, 1.82) is 0 Å². The van der Waals surface area contributed by atoms with Crippen molar-refractivity contribution in [1.82, 2.24) is 9.36 Å². The van der Waals surface area contributed by atoms with Gasteiger partial charge in [-0.05, 0) is 6.42 Å². The van der Waals surface area contributed by atoms with Gasteiger partial charge < -0.3 is 5.32 Å². The molecule has 17 heavy (non-hydrogen) atoms. The molecule has 1 aromatic rings. The van der Waals surface area contributed by atoms with Crippen LogP contribution >= 0.6 is 11.5 Å². The van der Waals surface area contributed by atoms with Crippen LogP contribution in [0.5, 0.6) is 0 Å². The van der Waals surface area contributed by atoms with Crippen LogP contribution in [-0.2, 0) is 16.0 Å². The van der Waals surface area contributed by atoms with Gasteiger partial charge >= 0.3 is 6.18 Å². The third-order valence-corrected chi connectivity index (χ3v) is 3.35. The fraction of sp³-hybridized carbons (Fsp3) is 0.714. The lowest BCUT2D eigenvalue weighted by atomic mass is 10.5. The van der Waals surface area contributed by atoms with E-state index in [1.807, 2.05) is 0 Å². The third kappa shape index (κ3) is 5.31. The highest BCUT2D eigenvalue weighted by molar-refractivity contribution is 7.90. The Morgan fingerprint density at radius 2 is 2.06 bits per heavy atom. The van der Waals surface area contributed by atoms with E-state index in [1.54, 1.807) is 0 Å². The summed E-state index contributed by atoms with van der Waals surface area (Å²) in [4.78, 5) is 3.24. The standard InChI is InChI=1S/C7H10F3N3O2S2/c1-17(14,15)4-2-3-11-6-12-5(13-16-6)7(8,9)10/h2-4H2,1H3,(H,11,12,13). The molecule has 0 spiro atoms. The van der Waals surface area contributed by atoms with Crippen LogP contribution in [0.1, 0.15) is 12.2 Å². The summed E-state index contributed by atoms with van der Waals surface area (Å²) in [6, 6.07) is 0. The predicted molar refractivity (Wildman–Crippen MR) is 57.7 cm³/mol. The van der Waals surface area contributed by atoms with Crippen LogP contribution in [0.3, 0.4) is 0 Å². The average Bonchev–Trinajstić information content (AvgIpc) is 2.58. The topological polar surface area (TPSA) is 72.0 Å². The molecule has 1 N–H and O–H groups in total. The van der Waals surface area contributed by atoms with Gasteiger partial charge in [0.2, 0.25) is 11.0 Å². The molecule has 1 rings (SSSR count). The minimum Gasteiger partial charge on any atom is -0.360 e. The lowest BCUT2D eigenvalue weighted by Gasteiger charge is -2.01. The fourth-order valence-electron chi connectivity index (χ4n) is 0.940. The quantitative estimate of drug-likeness (QED) is 0.830. The molecule has 0 unspecified atom stereocenters. The second kappa shape index (κ2) is 5.17. The molecule has 1 aromatic heterocycles. The summed E-state index contributed by atoms with van der Waals surface area (Å²) in [6.07, 6.45) is -3.15. The van der Waals surface area contributed by atoms with Gasteiger partial charge in [-0.3, -0.25) is 0 Å². The highest BCUT2D eigenvalue weighted by Crippen LogP contribution is 2.28. The number of sulfone groups is 1. The van der Waals surface area contributed by atoms with Crippen molar-refractivity contribution in [3.63, 3.8) is 0 Å². The molecular formula is C7H10F3N3O2S2. The van der Waals surface area contributed by atoms with Crippen LogP contribution in [0.25, 0.3) is 0 Å². The minimum atomic E-state index is -4.55. The van der Waals surface area contributed by atoms with Crippen molar-refractivity contribution < 1.29 is 21.6 Å². The summed E-state index contributed by atoms with van der Waals surface area (Å²) in [5.41, 5.74) is 0. The van der Waals surface area contributed by atoms with Gasteiger partial charge in [-0.2, -0.15) is 22.5 Å². The van der Waals surface area contributed by atoms with Crippen LogP contribution in [0.2, 0.25) is 0 Å². The van der Waals surface area contributed by atoms with Crippen molar-refractivity contribution in [2.24, 2.45) is 0 Å². The van der Waals surface area contributed by atoms with Gasteiger partial charge in [-0.25, -0.2) is 8.42 Å². The summed E-state index contributed by atoms with van der Waals surface area (Å²) in [5, 5.41) is 2.62. The molecule has 0 saturated heterocycles. The number of aromatic nitrogens is 2. The highest BCUT2D eigenvalue weighted by atomic mass is 32.2. The molecule has 0 atom stereocenters. The predicted octanol–water partition coefficient (Wildman–Crippen LogP) is 1.40. The van der Waals surface area contributed by atoms with E-state index in [1.165, 1.54) is 0 Å². The van der Waals surface area contributed by atoms with Gasteiger partial charge in [0.05, 0.1) is 5.75 Å². The van der Waals surface area contributed by atoms with Crippen LogP contribution < -0.4 is 5.32 Å². The van der Waals surface area contributed by atoms with Crippen molar-refractivity contribution in [2.75, 3.05) is 23.9 Å². The molecule has 0 radical (unpaired) electrons. The maximum Gasteiger partial charge on any atom is 0.452 e. The third-order valence-electron chi connectivity index (χ3n) is 1.65. The number of rotatable bonds is 5. The van der Waals surface area contributed by atoms with Gasteiger partial charge in [0, 0.05) is 24.3 Å². The van der Waals surface area contributed by atoms with E-state index in [9.17, 15) is 21.6 Å². The molecule has 0 fully saturated rings. The summed E-state index contributed by atoms with van der Waals surface area (Å²) in [6.45, 7) is 0.236. The van der Waals surface area contributed by atoms with Gasteiger partial charge in [0.15, 0.2) is 0 Å². The van der Waals surface area contributed by atoms with Gasteiger partial charge in [0.1, 0.15) is 9.84 Å². The molecule has 0 bridgehead atoms. The normalized spacial score (nSPS) is 12.7. The summed E-state index contributed by atoms with van der Waals surface area (Å²) >= 11 is 0.593. The number of hydrogen-bond acceptors (Lipinski definition) is 6. The average molecular weight is 289 g/mol. The lowest BCUT2D eigenvalue weighted by molar-refractivity contribution is -0.144. The summed E-state index contributed by atoms with van der Waals surface area (Å²) in [7, 11) is -3.05. The first-order valence-electron chi connectivity index (χ1n) is 4.51. The van der Waals surface area contributed by atoms with Crippen molar-refractivity contribution >= 4 is 26.5 Å². The number of hydrogen-bond donors (Lipinski definition) is 1. The Balaban J connectivity index is 2.41. The second-order valence-corrected chi connectivity index (χ2v) is 6.34. The molecule has 0 amide bonds. The number of anilines is 1. The molecule has 5 nitrogen and oxygen atoms in total. The smallest absolute Gasteiger partial charge is 0.360 e. The van der Waals surface area contributed by atoms with E-state index < -0.39 is 21.8 Å². The first-order valence-corrected chi connectivity index (χ1v) is 7.34. The SMILES string of the molecule is CS(=O)(=O)CCCNc1nc(C(F)(F)F)ns1. The van der Waals surface area contributed by atoms with E-state index >= 15 is 0 Å². The molecule has 0 aliphatic carbocycles. The number of nitrogens with one attached hydrogen (secondary N) is 1. The van der Waals surface area contributed by atoms with Crippen molar-refractivity contribution in [3.8, 4) is 0 Å². The van der Waals surface area contributed by atoms with Crippen LogP contribution in [0.4, 0.5) is 18.3 Å². The monoisotopic (exact) mass is 289 g/mol. The Labute approximate surface area is 100 Å². The Bertz CT molecular complexity index is 469. The minimum absolute atomic E-state index is 0.0229. The molecule has 0 aliphatic heterocycles. The molecule has 1 heterocycles. The van der Waals surface area contributed by atoms with Crippen LogP contribution in [0, 0.1) is 0 Å². The molecule has 0 saturated carbocycles. The van der Waals surface area contributed by atoms with E-state index in [-0.39, 0.29) is 17.4 Å². The molecular weight excluding hydrogens is 279 g/mol. The molecule has 98 valence electrons. The molecule has 0 aliphatic rings. The zero-order chi connectivity index (χ0) is 13.1. The van der Waals surface area contributed by atoms with Gasteiger partial charge in [0.25, 0.3) is 0 Å². The second-order valence-electron chi connectivity index (χ2n) is 3.33. The number of halogens is 3. The zero-order valence-electron chi connectivity index (χ0n) is 8.78. The zero-order valence-corrected chi connectivity index (χ0v) is 10.4. The van der Waals surface area contributed by atoms with Crippen LogP contribution in [-0.4, -0.2) is 36.3 Å². The Morgan fingerprint density at radius 1 is 1.41 bits per heavy atom. The summed E-state index contributed by atoms with van der Waals surface area (Å²) < 4.78 is 61.1. The Morgan fingerprint density at radius 3 is 2.53 bits per heavy atom. The maximum atomic E-state index is 12.1. The number of nitrogens with zero attached hydrogens (tertiary/aromatic N) is 2. The highest BCUT2D eigenvalue weighted by Gasteiger charge is 2.36. The first-order chi connectivity index (χ1) is 7.68. The van der Waals surface area contributed by atoms with E-state index in [2.05, 4.69) is 14.7 Å². The van der Waals surface area contributed by atoms with Gasteiger partial charge in [-0.15, -0.1) is 0 Å². The van der Waals surface area contributed by atoms with E-state index in [0.717, 1.165) is 6.26 Å². The lowest BCUT2D eigenvalue weighted by Crippen LogP contribution is -2.10. The first kappa shape index (κ1) is 14.2. The Kier molecular flexibility index (Phi) is 4.31. The fourth-order valence-corrected chi connectivity index (χ4v) is 2.22. The Hall–Kier alpha value is -0.900. The maximum absolute atomic E-state index is 12.1. The largest absolute Gasteiger partial charge is 0.452 e. The van der Waals surface area contributed by atoms with Crippen molar-refractivity contribution in [2.45, 2.75) is 12.6 Å².